The van der Waals surface area contributed by atoms with Crippen molar-refractivity contribution in [2.45, 2.75) is 18.7 Å². The lowest BCUT2D eigenvalue weighted by molar-refractivity contribution is 0.340. The number of benzene rings is 1. The average Bonchev–Trinajstić information content (AvgIpc) is 2.33. The molecule has 0 fully saturated rings. The van der Waals surface area contributed by atoms with E-state index in [1.165, 1.54) is 6.07 Å². The molecule has 18 heavy (non-hydrogen) atoms. The molecule has 0 spiro atoms. The van der Waals surface area contributed by atoms with Crippen LogP contribution in [-0.2, 0) is 0 Å². The van der Waals surface area contributed by atoms with Crippen molar-refractivity contribution in [3.8, 4) is 11.4 Å². The molecule has 0 unspecified atom stereocenters. The number of hydrogen-bond acceptors (Lipinski definition) is 3. The summed E-state index contributed by atoms with van der Waals surface area (Å²) in [7, 11) is 0. The molecule has 0 saturated heterocycles. The highest BCUT2D eigenvalue weighted by atomic mass is 32.1. The first-order chi connectivity index (χ1) is 8.61. The lowest BCUT2D eigenvalue weighted by atomic mass is 10.2. The highest BCUT2D eigenvalue weighted by molar-refractivity contribution is 7.80. The molecule has 2 aromatic rings. The van der Waals surface area contributed by atoms with E-state index in [1.54, 1.807) is 16.8 Å². The van der Waals surface area contributed by atoms with E-state index in [0.717, 1.165) is 21.9 Å². The van der Waals surface area contributed by atoms with Crippen LogP contribution in [0.4, 0.5) is 0 Å². The first-order valence-corrected chi connectivity index (χ1v) is 6.22. The van der Waals surface area contributed by atoms with Crippen molar-refractivity contribution >= 4 is 12.6 Å². The van der Waals surface area contributed by atoms with Crippen molar-refractivity contribution in [1.29, 1.82) is 0 Å². The third-order valence-corrected chi connectivity index (χ3v) is 2.90. The van der Waals surface area contributed by atoms with Gasteiger partial charge in [-0.2, -0.15) is 0 Å². The van der Waals surface area contributed by atoms with Gasteiger partial charge < -0.3 is 4.74 Å². The standard InChI is InChI=1S/C14H15NO2S/c1-3-17-11-4-6-13(10(2)8-11)15-9-12(18)5-7-14(15)16/h4-9,18H,3H2,1-2H3. The molecule has 94 valence electrons. The van der Waals surface area contributed by atoms with Crippen LogP contribution in [0, 0.1) is 6.92 Å². The number of aromatic nitrogens is 1. The first-order valence-electron chi connectivity index (χ1n) is 5.77. The van der Waals surface area contributed by atoms with E-state index < -0.39 is 0 Å². The van der Waals surface area contributed by atoms with E-state index in [0.29, 0.717) is 6.61 Å². The summed E-state index contributed by atoms with van der Waals surface area (Å²) in [6, 6.07) is 8.87. The number of nitrogens with zero attached hydrogens (tertiary/aromatic N) is 1. The topological polar surface area (TPSA) is 31.2 Å². The smallest absolute Gasteiger partial charge is 0.255 e. The Kier molecular flexibility index (Phi) is 3.77. The molecular formula is C14H15NO2S. The predicted molar refractivity (Wildman–Crippen MR) is 75.2 cm³/mol. The summed E-state index contributed by atoms with van der Waals surface area (Å²) in [5.74, 6) is 0.814. The Hall–Kier alpha value is -1.68. The van der Waals surface area contributed by atoms with Crippen LogP contribution in [0.2, 0.25) is 0 Å². The highest BCUT2D eigenvalue weighted by Crippen LogP contribution is 2.20. The Morgan fingerprint density at radius 2 is 2.06 bits per heavy atom. The zero-order chi connectivity index (χ0) is 13.1. The van der Waals surface area contributed by atoms with Gasteiger partial charge >= 0.3 is 0 Å². The molecule has 0 bridgehead atoms. The number of thiol groups is 1. The fourth-order valence-corrected chi connectivity index (χ4v) is 2.01. The molecule has 0 aliphatic heterocycles. The van der Waals surface area contributed by atoms with Gasteiger partial charge in [0.05, 0.1) is 12.3 Å². The van der Waals surface area contributed by atoms with Gasteiger partial charge in [-0.15, -0.1) is 12.6 Å². The second-order valence-corrected chi connectivity index (χ2v) is 4.49. The minimum atomic E-state index is -0.0694. The summed E-state index contributed by atoms with van der Waals surface area (Å²) in [4.78, 5) is 12.6. The molecule has 3 nitrogen and oxygen atoms in total. The number of pyridine rings is 1. The van der Waals surface area contributed by atoms with Crippen molar-refractivity contribution in [3.63, 3.8) is 0 Å². The van der Waals surface area contributed by atoms with Crippen LogP contribution in [0.3, 0.4) is 0 Å². The zero-order valence-corrected chi connectivity index (χ0v) is 11.3. The van der Waals surface area contributed by atoms with Crippen LogP contribution in [0.25, 0.3) is 5.69 Å². The quantitative estimate of drug-likeness (QED) is 0.861. The number of ether oxygens (including phenoxy) is 1. The average molecular weight is 261 g/mol. The normalized spacial score (nSPS) is 10.4. The maximum absolute atomic E-state index is 11.8. The Morgan fingerprint density at radius 1 is 1.28 bits per heavy atom. The fraction of sp³-hybridized carbons (Fsp3) is 0.214. The minimum Gasteiger partial charge on any atom is -0.494 e. The molecule has 0 aliphatic carbocycles. The van der Waals surface area contributed by atoms with Gasteiger partial charge in [0.15, 0.2) is 0 Å². The predicted octanol–water partition coefficient (Wildman–Crippen LogP) is 2.83. The van der Waals surface area contributed by atoms with Crippen LogP contribution < -0.4 is 10.3 Å². The van der Waals surface area contributed by atoms with Gasteiger partial charge in [0.2, 0.25) is 0 Å². The summed E-state index contributed by atoms with van der Waals surface area (Å²) < 4.78 is 7.02. The lowest BCUT2D eigenvalue weighted by Gasteiger charge is -2.11. The number of hydrogen-bond donors (Lipinski definition) is 1. The van der Waals surface area contributed by atoms with Gasteiger partial charge in [-0.3, -0.25) is 9.36 Å². The third kappa shape index (κ3) is 2.59. The summed E-state index contributed by atoms with van der Waals surface area (Å²) in [5.41, 5.74) is 1.77. The van der Waals surface area contributed by atoms with E-state index >= 15 is 0 Å². The second-order valence-electron chi connectivity index (χ2n) is 3.98. The van der Waals surface area contributed by atoms with Crippen molar-refractivity contribution < 1.29 is 4.74 Å². The molecule has 0 amide bonds. The lowest BCUT2D eigenvalue weighted by Crippen LogP contribution is -2.17. The molecule has 1 aromatic carbocycles. The third-order valence-electron chi connectivity index (χ3n) is 2.63. The van der Waals surface area contributed by atoms with Gasteiger partial charge in [0.1, 0.15) is 5.75 Å². The summed E-state index contributed by atoms with van der Waals surface area (Å²) in [6.45, 7) is 4.53. The Morgan fingerprint density at radius 3 is 2.72 bits per heavy atom. The number of rotatable bonds is 3. The minimum absolute atomic E-state index is 0.0694. The Balaban J connectivity index is 2.51. The van der Waals surface area contributed by atoms with Gasteiger partial charge in [-0.25, -0.2) is 0 Å². The van der Waals surface area contributed by atoms with Gasteiger partial charge in [-0.05, 0) is 43.7 Å². The van der Waals surface area contributed by atoms with Crippen molar-refractivity contribution in [2.24, 2.45) is 0 Å². The van der Waals surface area contributed by atoms with Crippen molar-refractivity contribution in [3.05, 3.63) is 52.4 Å². The molecule has 4 heteroatoms. The Bertz CT molecular complexity index is 619. The summed E-state index contributed by atoms with van der Waals surface area (Å²) in [5, 5.41) is 0. The second kappa shape index (κ2) is 5.31. The fourth-order valence-electron chi connectivity index (χ4n) is 1.82. The van der Waals surface area contributed by atoms with Crippen molar-refractivity contribution in [1.82, 2.24) is 4.57 Å². The molecular weight excluding hydrogens is 246 g/mol. The Labute approximate surface area is 111 Å². The van der Waals surface area contributed by atoms with Crippen LogP contribution >= 0.6 is 12.6 Å². The van der Waals surface area contributed by atoms with E-state index in [4.69, 9.17) is 4.74 Å². The van der Waals surface area contributed by atoms with Crippen LogP contribution in [0.1, 0.15) is 12.5 Å². The van der Waals surface area contributed by atoms with E-state index in [2.05, 4.69) is 12.6 Å². The molecule has 0 N–H and O–H groups in total. The highest BCUT2D eigenvalue weighted by Gasteiger charge is 2.05. The first kappa shape index (κ1) is 12.8. The summed E-state index contributed by atoms with van der Waals surface area (Å²) in [6.07, 6.45) is 1.72. The number of aryl methyl sites for hydroxylation is 1. The maximum atomic E-state index is 11.8. The molecule has 0 radical (unpaired) electrons. The van der Waals surface area contributed by atoms with E-state index in [1.807, 2.05) is 32.0 Å². The monoisotopic (exact) mass is 261 g/mol. The molecule has 1 aromatic heterocycles. The van der Waals surface area contributed by atoms with E-state index in [-0.39, 0.29) is 5.56 Å². The van der Waals surface area contributed by atoms with Gasteiger partial charge in [0, 0.05) is 17.2 Å². The van der Waals surface area contributed by atoms with Crippen LogP contribution in [-0.4, -0.2) is 11.2 Å². The molecule has 1 heterocycles. The molecule has 0 atom stereocenters. The molecule has 0 saturated carbocycles. The van der Waals surface area contributed by atoms with Crippen LogP contribution in [0.5, 0.6) is 5.75 Å². The maximum Gasteiger partial charge on any atom is 0.255 e. The van der Waals surface area contributed by atoms with Crippen molar-refractivity contribution in [2.75, 3.05) is 6.61 Å². The van der Waals surface area contributed by atoms with Crippen LogP contribution in [0.15, 0.2) is 46.2 Å². The van der Waals surface area contributed by atoms with E-state index in [9.17, 15) is 4.79 Å². The SMILES string of the molecule is CCOc1ccc(-n2cc(S)ccc2=O)c(C)c1. The van der Waals surface area contributed by atoms with Gasteiger partial charge in [-0.1, -0.05) is 0 Å². The molecule has 0 aliphatic rings. The molecule has 2 rings (SSSR count). The summed E-state index contributed by atoms with van der Waals surface area (Å²) >= 11 is 4.26. The zero-order valence-electron chi connectivity index (χ0n) is 10.4. The largest absolute Gasteiger partial charge is 0.494 e. The van der Waals surface area contributed by atoms with Gasteiger partial charge in [0.25, 0.3) is 5.56 Å².